The summed E-state index contributed by atoms with van der Waals surface area (Å²) in [6.45, 7) is 6.40. The third-order valence-corrected chi connectivity index (χ3v) is 7.67. The maximum absolute atomic E-state index is 6.39. The number of fused-ring (bicyclic) bond motifs is 3. The van der Waals surface area contributed by atoms with Crippen LogP contribution in [0, 0.1) is 19.1 Å². The summed E-state index contributed by atoms with van der Waals surface area (Å²) in [4.78, 5) is 4.68. The average molecular weight is 742 g/mol. The first-order valence-corrected chi connectivity index (χ1v) is 14.4. The Balaban J connectivity index is 0.00000329. The van der Waals surface area contributed by atoms with Crippen LogP contribution in [-0.2, 0) is 33.9 Å². The molecule has 0 aliphatic heterocycles. The van der Waals surface area contributed by atoms with Gasteiger partial charge in [-0.05, 0) is 60.2 Å². The summed E-state index contributed by atoms with van der Waals surface area (Å²) < 4.78 is 10.6. The molecule has 43 heavy (non-hydrogen) atoms. The van der Waals surface area contributed by atoms with Gasteiger partial charge in [-0.3, -0.25) is 4.68 Å². The van der Waals surface area contributed by atoms with Gasteiger partial charge in [-0.2, -0.15) is 17.2 Å². The van der Waals surface area contributed by atoms with Crippen LogP contribution >= 0.6 is 0 Å². The summed E-state index contributed by atoms with van der Waals surface area (Å²) in [7, 11) is 0. The molecule has 0 amide bonds. The summed E-state index contributed by atoms with van der Waals surface area (Å²) in [5.41, 5.74) is 8.63. The van der Waals surface area contributed by atoms with Gasteiger partial charge < -0.3 is 9.30 Å². The minimum absolute atomic E-state index is 0. The molecule has 0 saturated carbocycles. The topological polar surface area (TPSA) is 44.9 Å². The summed E-state index contributed by atoms with van der Waals surface area (Å²) in [6, 6.07) is 40.0. The molecule has 0 aliphatic carbocycles. The van der Waals surface area contributed by atoms with Crippen LogP contribution in [0.2, 0.25) is 0 Å². The van der Waals surface area contributed by atoms with E-state index < -0.39 is 0 Å². The smallest absolute Gasteiger partial charge is 0.509 e. The molecule has 0 atom stereocenters. The Labute approximate surface area is 266 Å². The Hall–Kier alpha value is -4.47. The SMILES string of the molecule is CCc1nn(-c2[c-]c(Oc3[c-]c4c(cc3)c3ccccc3n4-c3cc(C)ccn3)ccc2)c(CC)c1-c1ccccc1.[Pt+2]. The molecule has 0 saturated heterocycles. The van der Waals surface area contributed by atoms with Crippen LogP contribution in [0.4, 0.5) is 0 Å². The van der Waals surface area contributed by atoms with Crippen LogP contribution in [0.5, 0.6) is 11.5 Å². The van der Waals surface area contributed by atoms with Crippen molar-refractivity contribution in [3.05, 3.63) is 132 Å². The first-order chi connectivity index (χ1) is 20.6. The van der Waals surface area contributed by atoms with Gasteiger partial charge in [0.25, 0.3) is 0 Å². The van der Waals surface area contributed by atoms with E-state index >= 15 is 0 Å². The predicted molar refractivity (Wildman–Crippen MR) is 169 cm³/mol. The number of ether oxygens (including phenoxy) is 1. The van der Waals surface area contributed by atoms with Crippen molar-refractivity contribution < 1.29 is 25.8 Å². The van der Waals surface area contributed by atoms with Gasteiger partial charge in [-0.25, -0.2) is 4.98 Å². The number of hydrogen-bond donors (Lipinski definition) is 0. The van der Waals surface area contributed by atoms with E-state index in [9.17, 15) is 0 Å². The van der Waals surface area contributed by atoms with Gasteiger partial charge in [-0.1, -0.05) is 67.9 Å². The molecule has 0 radical (unpaired) electrons. The monoisotopic (exact) mass is 741 g/mol. The molecule has 0 N–H and O–H groups in total. The van der Waals surface area contributed by atoms with Crippen LogP contribution in [0.1, 0.15) is 30.8 Å². The fourth-order valence-electron chi connectivity index (χ4n) is 5.77. The quantitative estimate of drug-likeness (QED) is 0.154. The standard InChI is InChI=1S/C37H30N4O.Pt/c1-4-32-37(26-12-7-6-8-13-26)33(5-2)41(39-32)27-14-11-15-28(23-27)42-29-18-19-31-30-16-9-10-17-34(30)40(35(31)24-29)36-22-25(3)20-21-38-36;/h6-22H,4-5H2,1-3H3;/q-2;+2. The number of hydrogen-bond acceptors (Lipinski definition) is 3. The number of nitrogens with zero attached hydrogens (tertiary/aromatic N) is 4. The largest absolute Gasteiger partial charge is 2.00 e. The number of rotatable bonds is 7. The van der Waals surface area contributed by atoms with Gasteiger partial charge in [0.1, 0.15) is 5.82 Å². The third kappa shape index (κ3) is 5.19. The predicted octanol–water partition coefficient (Wildman–Crippen LogP) is 8.85. The third-order valence-electron chi connectivity index (χ3n) is 7.67. The van der Waals surface area contributed by atoms with E-state index in [4.69, 9.17) is 9.84 Å². The molecule has 6 heteroatoms. The molecule has 3 aromatic heterocycles. The Morgan fingerprint density at radius 3 is 2.35 bits per heavy atom. The van der Waals surface area contributed by atoms with E-state index in [-0.39, 0.29) is 21.1 Å². The van der Waals surface area contributed by atoms with Crippen LogP contribution in [-0.4, -0.2) is 19.3 Å². The van der Waals surface area contributed by atoms with Gasteiger partial charge in [0.15, 0.2) is 0 Å². The fraction of sp³-hybridized carbons (Fsp3) is 0.135. The number of pyridine rings is 1. The molecular weight excluding hydrogens is 712 g/mol. The molecular formula is C37H30N4OPt. The van der Waals surface area contributed by atoms with Crippen molar-refractivity contribution in [2.75, 3.05) is 0 Å². The summed E-state index contributed by atoms with van der Waals surface area (Å²) in [5.74, 6) is 2.08. The molecule has 5 nitrogen and oxygen atoms in total. The van der Waals surface area contributed by atoms with E-state index in [1.54, 1.807) is 0 Å². The van der Waals surface area contributed by atoms with Crippen molar-refractivity contribution in [1.82, 2.24) is 19.3 Å². The van der Waals surface area contributed by atoms with Crippen molar-refractivity contribution in [2.24, 2.45) is 0 Å². The molecule has 4 aromatic carbocycles. The molecule has 0 bridgehead atoms. The van der Waals surface area contributed by atoms with Crippen molar-refractivity contribution in [2.45, 2.75) is 33.6 Å². The average Bonchev–Trinajstić information content (AvgIpc) is 3.57. The zero-order valence-electron chi connectivity index (χ0n) is 24.2. The maximum Gasteiger partial charge on any atom is 2.00 e. The van der Waals surface area contributed by atoms with Gasteiger partial charge in [0.2, 0.25) is 0 Å². The van der Waals surface area contributed by atoms with Crippen LogP contribution in [0.3, 0.4) is 0 Å². The number of aromatic nitrogens is 4. The van der Waals surface area contributed by atoms with Gasteiger partial charge in [-0.15, -0.1) is 35.7 Å². The van der Waals surface area contributed by atoms with Crippen LogP contribution < -0.4 is 4.74 Å². The van der Waals surface area contributed by atoms with Gasteiger partial charge >= 0.3 is 21.1 Å². The zero-order valence-corrected chi connectivity index (χ0v) is 26.5. The number of para-hydroxylation sites is 1. The van der Waals surface area contributed by atoms with E-state index in [0.717, 1.165) is 63.1 Å². The van der Waals surface area contributed by atoms with Crippen molar-refractivity contribution >= 4 is 21.8 Å². The van der Waals surface area contributed by atoms with Crippen LogP contribution in [0.25, 0.3) is 44.4 Å². The van der Waals surface area contributed by atoms with E-state index in [0.29, 0.717) is 11.5 Å². The Bertz CT molecular complexity index is 2060. The molecule has 3 heterocycles. The second-order valence-electron chi connectivity index (χ2n) is 10.4. The van der Waals surface area contributed by atoms with Crippen LogP contribution in [0.15, 0.2) is 103 Å². The minimum Gasteiger partial charge on any atom is -0.509 e. The molecule has 7 aromatic rings. The van der Waals surface area contributed by atoms with Crippen molar-refractivity contribution in [3.8, 4) is 34.1 Å². The molecule has 0 unspecified atom stereocenters. The van der Waals surface area contributed by atoms with Crippen molar-refractivity contribution in [1.29, 1.82) is 0 Å². The first-order valence-electron chi connectivity index (χ1n) is 14.4. The van der Waals surface area contributed by atoms with E-state index in [1.165, 1.54) is 11.1 Å². The van der Waals surface area contributed by atoms with Crippen molar-refractivity contribution in [3.63, 3.8) is 0 Å². The summed E-state index contributed by atoms with van der Waals surface area (Å²) >= 11 is 0. The summed E-state index contributed by atoms with van der Waals surface area (Å²) in [5, 5.41) is 7.28. The van der Waals surface area contributed by atoms with Gasteiger partial charge in [0.05, 0.1) is 5.69 Å². The van der Waals surface area contributed by atoms with E-state index in [1.807, 2.05) is 47.3 Å². The fourth-order valence-corrected chi connectivity index (χ4v) is 5.77. The number of benzene rings is 4. The Kier molecular flexibility index (Phi) is 8.01. The van der Waals surface area contributed by atoms with Gasteiger partial charge in [0, 0.05) is 34.5 Å². The second kappa shape index (κ2) is 12.0. The molecule has 0 spiro atoms. The maximum atomic E-state index is 6.39. The first kappa shape index (κ1) is 28.6. The summed E-state index contributed by atoms with van der Waals surface area (Å²) in [6.07, 6.45) is 3.54. The molecule has 0 fully saturated rings. The molecule has 214 valence electrons. The number of aryl methyl sites for hydroxylation is 2. The molecule has 7 rings (SSSR count). The normalized spacial score (nSPS) is 11.1. The van der Waals surface area contributed by atoms with E-state index in [2.05, 4.69) is 103 Å². The Morgan fingerprint density at radius 2 is 1.56 bits per heavy atom. The second-order valence-corrected chi connectivity index (χ2v) is 10.4. The zero-order chi connectivity index (χ0) is 28.6. The molecule has 0 aliphatic rings. The minimum atomic E-state index is 0. The Morgan fingerprint density at radius 1 is 0.767 bits per heavy atom.